The molecule has 0 spiro atoms. The van der Waals surface area contributed by atoms with Crippen LogP contribution in [0.5, 0.6) is 0 Å². The fourth-order valence-corrected chi connectivity index (χ4v) is 4.20. The number of nitrogens with one attached hydrogen (secondary N) is 2. The first-order chi connectivity index (χ1) is 9.92. The van der Waals surface area contributed by atoms with Crippen LogP contribution in [0.3, 0.4) is 0 Å². The Morgan fingerprint density at radius 2 is 1.95 bits per heavy atom. The summed E-state index contributed by atoms with van der Waals surface area (Å²) in [5.74, 6) is 0. The van der Waals surface area contributed by atoms with Crippen LogP contribution in [-0.4, -0.2) is 15.5 Å². The van der Waals surface area contributed by atoms with E-state index in [2.05, 4.69) is 26.0 Å². The van der Waals surface area contributed by atoms with E-state index in [1.54, 1.807) is 42.5 Å². The third-order valence-corrected chi connectivity index (χ3v) is 5.34. The zero-order valence-corrected chi connectivity index (χ0v) is 14.4. The summed E-state index contributed by atoms with van der Waals surface area (Å²) in [6, 6.07) is 11.7. The first-order valence-corrected chi connectivity index (χ1v) is 8.79. The van der Waals surface area contributed by atoms with Crippen LogP contribution in [0.15, 0.2) is 51.8 Å². The van der Waals surface area contributed by atoms with E-state index in [1.807, 2.05) is 7.05 Å². The smallest absolute Gasteiger partial charge is 0.263 e. The summed E-state index contributed by atoms with van der Waals surface area (Å²) in [6.45, 7) is 0.667. The second kappa shape index (κ2) is 6.79. The van der Waals surface area contributed by atoms with E-state index in [9.17, 15) is 8.42 Å². The van der Waals surface area contributed by atoms with Crippen molar-refractivity contribution in [1.82, 2.24) is 5.32 Å². The quantitative estimate of drug-likeness (QED) is 0.821. The van der Waals surface area contributed by atoms with Gasteiger partial charge in [-0.2, -0.15) is 0 Å². The number of hydrogen-bond donors (Lipinski definition) is 2. The van der Waals surface area contributed by atoms with E-state index in [1.165, 1.54) is 0 Å². The number of benzene rings is 2. The van der Waals surface area contributed by atoms with E-state index < -0.39 is 10.0 Å². The van der Waals surface area contributed by atoms with Crippen molar-refractivity contribution in [2.75, 3.05) is 11.8 Å². The highest BCUT2D eigenvalue weighted by molar-refractivity contribution is 9.10. The van der Waals surface area contributed by atoms with Gasteiger partial charge in [-0.05, 0) is 58.9 Å². The number of anilines is 1. The molecule has 2 aromatic carbocycles. The molecule has 0 atom stereocenters. The van der Waals surface area contributed by atoms with E-state index in [4.69, 9.17) is 11.6 Å². The number of sulfonamides is 1. The predicted octanol–water partition coefficient (Wildman–Crippen LogP) is 3.62. The van der Waals surface area contributed by atoms with Crippen LogP contribution >= 0.6 is 27.5 Å². The minimum absolute atomic E-state index is 0.183. The molecule has 0 bridgehead atoms. The summed E-state index contributed by atoms with van der Waals surface area (Å²) in [7, 11) is -1.84. The van der Waals surface area contributed by atoms with Crippen molar-refractivity contribution in [1.29, 1.82) is 0 Å². The molecule has 0 saturated heterocycles. The third-order valence-electron chi connectivity index (χ3n) is 2.74. The Morgan fingerprint density at radius 1 is 1.19 bits per heavy atom. The first kappa shape index (κ1) is 16.3. The molecule has 0 saturated carbocycles. The molecule has 2 rings (SSSR count). The molecule has 0 aliphatic heterocycles. The number of hydrogen-bond acceptors (Lipinski definition) is 3. The molecule has 0 radical (unpaired) electrons. The standard InChI is InChI=1S/C14H14BrClN2O2S/c1-17-9-10-5-6-14(13(15)7-10)21(19,20)18-12-4-2-3-11(16)8-12/h2-8,17-18H,9H2,1H3. The minimum atomic E-state index is -3.67. The number of halogens is 2. The highest BCUT2D eigenvalue weighted by Gasteiger charge is 2.18. The molecular formula is C14H14BrClN2O2S. The molecule has 0 amide bonds. The molecule has 0 fully saturated rings. The Balaban J connectivity index is 2.31. The van der Waals surface area contributed by atoms with E-state index in [0.717, 1.165) is 5.56 Å². The zero-order valence-electron chi connectivity index (χ0n) is 11.2. The fourth-order valence-electron chi connectivity index (χ4n) is 1.84. The molecule has 7 heteroatoms. The van der Waals surface area contributed by atoms with Crippen molar-refractivity contribution in [2.45, 2.75) is 11.4 Å². The van der Waals surface area contributed by atoms with Gasteiger partial charge in [0.1, 0.15) is 4.90 Å². The molecule has 21 heavy (non-hydrogen) atoms. The summed E-state index contributed by atoms with van der Waals surface area (Å²) >= 11 is 9.16. The summed E-state index contributed by atoms with van der Waals surface area (Å²) in [5.41, 5.74) is 1.42. The van der Waals surface area contributed by atoms with Crippen molar-refractivity contribution in [3.05, 3.63) is 57.5 Å². The van der Waals surface area contributed by atoms with Crippen molar-refractivity contribution in [3.8, 4) is 0 Å². The van der Waals surface area contributed by atoms with Gasteiger partial charge in [0.25, 0.3) is 10.0 Å². The zero-order chi connectivity index (χ0) is 15.5. The van der Waals surface area contributed by atoms with Gasteiger partial charge in [-0.25, -0.2) is 8.42 Å². The molecule has 0 aliphatic rings. The maximum absolute atomic E-state index is 12.4. The van der Waals surface area contributed by atoms with Gasteiger partial charge in [-0.3, -0.25) is 4.72 Å². The first-order valence-electron chi connectivity index (χ1n) is 6.14. The molecule has 0 heterocycles. The molecular weight excluding hydrogens is 376 g/mol. The van der Waals surface area contributed by atoms with Crippen molar-refractivity contribution in [2.24, 2.45) is 0 Å². The topological polar surface area (TPSA) is 58.2 Å². The Kier molecular flexibility index (Phi) is 5.27. The van der Waals surface area contributed by atoms with E-state index in [-0.39, 0.29) is 4.90 Å². The Morgan fingerprint density at radius 3 is 2.57 bits per heavy atom. The van der Waals surface area contributed by atoms with Gasteiger partial charge in [0.2, 0.25) is 0 Å². The lowest BCUT2D eigenvalue weighted by Gasteiger charge is -2.11. The van der Waals surface area contributed by atoms with Gasteiger partial charge >= 0.3 is 0 Å². The van der Waals surface area contributed by atoms with Crippen LogP contribution < -0.4 is 10.0 Å². The summed E-state index contributed by atoms with van der Waals surface area (Å²) < 4.78 is 27.8. The van der Waals surface area contributed by atoms with E-state index >= 15 is 0 Å². The second-order valence-electron chi connectivity index (χ2n) is 4.41. The van der Waals surface area contributed by atoms with Crippen LogP contribution in [0.25, 0.3) is 0 Å². The molecule has 0 aromatic heterocycles. The minimum Gasteiger partial charge on any atom is -0.316 e. The summed E-state index contributed by atoms with van der Waals surface area (Å²) in [4.78, 5) is 0.183. The van der Waals surface area contributed by atoms with Crippen LogP contribution in [0.4, 0.5) is 5.69 Å². The van der Waals surface area contributed by atoms with Crippen LogP contribution in [-0.2, 0) is 16.6 Å². The molecule has 0 unspecified atom stereocenters. The van der Waals surface area contributed by atoms with Crippen LogP contribution in [0, 0.1) is 0 Å². The Hall–Kier alpha value is -1.08. The fraction of sp³-hybridized carbons (Fsp3) is 0.143. The van der Waals surface area contributed by atoms with Gasteiger partial charge in [0.15, 0.2) is 0 Å². The SMILES string of the molecule is CNCc1ccc(S(=O)(=O)Nc2cccc(Cl)c2)c(Br)c1. The van der Waals surface area contributed by atoms with Crippen molar-refractivity contribution < 1.29 is 8.42 Å². The lowest BCUT2D eigenvalue weighted by atomic mass is 10.2. The molecule has 112 valence electrons. The van der Waals surface area contributed by atoms with Crippen molar-refractivity contribution in [3.63, 3.8) is 0 Å². The largest absolute Gasteiger partial charge is 0.316 e. The Bertz CT molecular complexity index is 750. The van der Waals surface area contributed by atoms with Crippen LogP contribution in [0.1, 0.15) is 5.56 Å². The number of rotatable bonds is 5. The monoisotopic (exact) mass is 388 g/mol. The van der Waals surface area contributed by atoms with Crippen molar-refractivity contribution >= 4 is 43.2 Å². The maximum atomic E-state index is 12.4. The second-order valence-corrected chi connectivity index (χ2v) is 7.35. The van der Waals surface area contributed by atoms with Gasteiger partial charge in [-0.1, -0.05) is 23.7 Å². The average Bonchev–Trinajstić information content (AvgIpc) is 2.38. The van der Waals surface area contributed by atoms with Gasteiger partial charge < -0.3 is 5.32 Å². The average molecular weight is 390 g/mol. The maximum Gasteiger partial charge on any atom is 0.263 e. The van der Waals surface area contributed by atoms with E-state index in [0.29, 0.717) is 21.7 Å². The summed E-state index contributed by atoms with van der Waals surface area (Å²) in [6.07, 6.45) is 0. The van der Waals surface area contributed by atoms with Crippen LogP contribution in [0.2, 0.25) is 5.02 Å². The highest BCUT2D eigenvalue weighted by Crippen LogP contribution is 2.26. The third kappa shape index (κ3) is 4.20. The lowest BCUT2D eigenvalue weighted by Crippen LogP contribution is -2.14. The Labute approximate surface area is 137 Å². The predicted molar refractivity (Wildman–Crippen MR) is 89.2 cm³/mol. The molecule has 2 aromatic rings. The van der Waals surface area contributed by atoms with Gasteiger partial charge in [0.05, 0.1) is 5.69 Å². The molecule has 0 aliphatic carbocycles. The highest BCUT2D eigenvalue weighted by atomic mass is 79.9. The molecule has 2 N–H and O–H groups in total. The molecule has 4 nitrogen and oxygen atoms in total. The van der Waals surface area contributed by atoms with Gasteiger partial charge in [0, 0.05) is 16.0 Å². The lowest BCUT2D eigenvalue weighted by molar-refractivity contribution is 0.600. The normalized spacial score (nSPS) is 11.4. The van der Waals surface area contributed by atoms with Gasteiger partial charge in [-0.15, -0.1) is 0 Å². The summed E-state index contributed by atoms with van der Waals surface area (Å²) in [5, 5.41) is 3.49.